The van der Waals surface area contributed by atoms with E-state index in [9.17, 15) is 10.0 Å². The van der Waals surface area contributed by atoms with Crippen molar-refractivity contribution in [1.82, 2.24) is 15.5 Å². The highest BCUT2D eigenvalue weighted by atomic mass is 16.5. The van der Waals surface area contributed by atoms with Crippen molar-refractivity contribution < 1.29 is 10.0 Å². The van der Waals surface area contributed by atoms with Gasteiger partial charge in [0.2, 0.25) is 6.41 Å². The molecule has 100 valence electrons. The Morgan fingerprint density at radius 2 is 2.42 bits per heavy atom. The Balaban J connectivity index is 2.30. The number of hydrazine groups is 1. The molecule has 1 heterocycles. The lowest BCUT2D eigenvalue weighted by Crippen LogP contribution is -2.35. The molecule has 0 radical (unpaired) electrons. The first-order valence-electron chi connectivity index (χ1n) is 5.32. The first-order valence-corrected chi connectivity index (χ1v) is 5.32. The zero-order valence-corrected chi connectivity index (χ0v) is 9.89. The van der Waals surface area contributed by atoms with Crippen molar-refractivity contribution in [2.75, 3.05) is 11.4 Å². The molecule has 0 spiro atoms. The number of nitrogens with one attached hydrogen (secondary N) is 1. The molecule has 0 aliphatic heterocycles. The third-order valence-corrected chi connectivity index (χ3v) is 2.53. The molecule has 1 amide bonds. The number of nitrogens with zero attached hydrogens (tertiary/aromatic N) is 4. The summed E-state index contributed by atoms with van der Waals surface area (Å²) in [4.78, 5) is 13.2. The van der Waals surface area contributed by atoms with E-state index in [2.05, 4.69) is 15.7 Å². The lowest BCUT2D eigenvalue weighted by Gasteiger charge is -2.16. The molecule has 0 atom stereocenters. The van der Waals surface area contributed by atoms with E-state index < -0.39 is 0 Å². The minimum atomic E-state index is 0.0898. The third-order valence-electron chi connectivity index (χ3n) is 2.53. The Hall–Kier alpha value is -2.81. The van der Waals surface area contributed by atoms with Gasteiger partial charge in [0.15, 0.2) is 0 Å². The number of aromatic nitrogens is 2. The fourth-order valence-corrected chi connectivity index (χ4v) is 1.67. The maximum absolute atomic E-state index is 11.1. The Morgan fingerprint density at radius 3 is 3.11 bits per heavy atom. The summed E-state index contributed by atoms with van der Waals surface area (Å²) in [6, 6.07) is 5.00. The fraction of sp³-hybridized carbons (Fsp3) is 0.100. The number of hydrogen-bond donors (Lipinski definition) is 4. The number of anilines is 1. The number of carbonyl (C=O) groups is 1. The lowest BCUT2D eigenvalue weighted by molar-refractivity contribution is -0.107. The van der Waals surface area contributed by atoms with Gasteiger partial charge in [0.05, 0.1) is 12.7 Å². The van der Waals surface area contributed by atoms with Gasteiger partial charge in [-0.05, 0) is 18.2 Å². The van der Waals surface area contributed by atoms with E-state index >= 15 is 0 Å². The van der Waals surface area contributed by atoms with Crippen molar-refractivity contribution in [2.24, 2.45) is 16.7 Å². The summed E-state index contributed by atoms with van der Waals surface area (Å²) in [6.07, 6.45) is 2.12. The summed E-state index contributed by atoms with van der Waals surface area (Å²) >= 11 is 0. The molecule has 19 heavy (non-hydrogen) atoms. The first-order chi connectivity index (χ1) is 9.15. The average molecular weight is 263 g/mol. The number of nitrogens with two attached hydrogens (primary N) is 2. The summed E-state index contributed by atoms with van der Waals surface area (Å²) in [5.74, 6) is 5.16. The molecule has 0 saturated carbocycles. The molecular weight excluding hydrogens is 250 g/mol. The summed E-state index contributed by atoms with van der Waals surface area (Å²) in [5.41, 5.74) is 8.76. The highest BCUT2D eigenvalue weighted by molar-refractivity contribution is 5.93. The SMILES string of the molecule is NN/N=C(\N)CN(C=O)c1ccc2c(cnn2O)c1. The highest BCUT2D eigenvalue weighted by Gasteiger charge is 2.10. The van der Waals surface area contributed by atoms with Gasteiger partial charge >= 0.3 is 0 Å². The van der Waals surface area contributed by atoms with E-state index in [0.29, 0.717) is 23.0 Å². The van der Waals surface area contributed by atoms with Gasteiger partial charge in [-0.3, -0.25) is 4.79 Å². The van der Waals surface area contributed by atoms with Crippen molar-refractivity contribution in [2.45, 2.75) is 0 Å². The van der Waals surface area contributed by atoms with Crippen LogP contribution in [0.15, 0.2) is 29.5 Å². The predicted octanol–water partition coefficient (Wildman–Crippen LogP) is -1.03. The average Bonchev–Trinajstić information content (AvgIpc) is 2.77. The Bertz CT molecular complexity index is 621. The molecule has 2 aromatic rings. The van der Waals surface area contributed by atoms with E-state index in [4.69, 9.17) is 11.6 Å². The lowest BCUT2D eigenvalue weighted by atomic mass is 10.2. The molecule has 6 N–H and O–H groups in total. The minimum absolute atomic E-state index is 0.0898. The van der Waals surface area contributed by atoms with Crippen LogP contribution >= 0.6 is 0 Å². The van der Waals surface area contributed by atoms with Crippen molar-refractivity contribution >= 4 is 28.8 Å². The van der Waals surface area contributed by atoms with Gasteiger partial charge in [0.25, 0.3) is 0 Å². The monoisotopic (exact) mass is 263 g/mol. The Morgan fingerprint density at radius 1 is 1.63 bits per heavy atom. The first kappa shape index (κ1) is 12.6. The fourth-order valence-electron chi connectivity index (χ4n) is 1.67. The van der Waals surface area contributed by atoms with Crippen LogP contribution in [0.4, 0.5) is 5.69 Å². The van der Waals surface area contributed by atoms with Crippen LogP contribution in [0, 0.1) is 0 Å². The van der Waals surface area contributed by atoms with Crippen LogP contribution < -0.4 is 22.0 Å². The van der Waals surface area contributed by atoms with E-state index in [0.717, 1.165) is 4.85 Å². The quantitative estimate of drug-likeness (QED) is 0.136. The summed E-state index contributed by atoms with van der Waals surface area (Å²) in [6.45, 7) is 0.0898. The largest absolute Gasteiger partial charge is 0.411 e. The van der Waals surface area contributed by atoms with E-state index in [1.54, 1.807) is 18.2 Å². The van der Waals surface area contributed by atoms with Gasteiger partial charge in [-0.15, -0.1) is 9.94 Å². The van der Waals surface area contributed by atoms with E-state index in [1.165, 1.54) is 11.1 Å². The van der Waals surface area contributed by atoms with Crippen molar-refractivity contribution in [3.8, 4) is 0 Å². The van der Waals surface area contributed by atoms with Crippen LogP contribution in [0.5, 0.6) is 0 Å². The zero-order valence-electron chi connectivity index (χ0n) is 9.89. The summed E-state index contributed by atoms with van der Waals surface area (Å²) in [5, 5.41) is 17.3. The van der Waals surface area contributed by atoms with Crippen molar-refractivity contribution in [3.63, 3.8) is 0 Å². The molecule has 0 fully saturated rings. The van der Waals surface area contributed by atoms with Gasteiger partial charge in [-0.2, -0.15) is 5.10 Å². The zero-order chi connectivity index (χ0) is 13.8. The van der Waals surface area contributed by atoms with Gasteiger partial charge in [0.1, 0.15) is 11.4 Å². The van der Waals surface area contributed by atoms with E-state index in [1.807, 2.05) is 0 Å². The molecule has 0 saturated heterocycles. The molecule has 2 rings (SSSR count). The van der Waals surface area contributed by atoms with Gasteiger partial charge in [-0.25, -0.2) is 11.4 Å². The molecule has 1 aromatic heterocycles. The predicted molar refractivity (Wildman–Crippen MR) is 69.3 cm³/mol. The number of amides is 1. The standard InChI is InChI=1S/C10H13N7O2/c11-10(14-15-12)5-16(6-18)8-1-2-9-7(3-8)4-13-17(9)19/h1-4,6,15,19H,5,12H2,(H2,11,14). The van der Waals surface area contributed by atoms with Gasteiger partial charge in [0, 0.05) is 11.1 Å². The molecular formula is C10H13N7O2. The summed E-state index contributed by atoms with van der Waals surface area (Å²) < 4.78 is 0. The molecule has 0 unspecified atom stereocenters. The van der Waals surface area contributed by atoms with Crippen LogP contribution in [0.1, 0.15) is 0 Å². The van der Waals surface area contributed by atoms with Crippen LogP contribution in [-0.4, -0.2) is 33.9 Å². The third kappa shape index (κ3) is 2.55. The Labute approximate surface area is 108 Å². The molecule has 9 nitrogen and oxygen atoms in total. The molecule has 9 heteroatoms. The number of fused-ring (bicyclic) bond motifs is 1. The van der Waals surface area contributed by atoms with Crippen LogP contribution in [-0.2, 0) is 4.79 Å². The smallest absolute Gasteiger partial charge is 0.214 e. The minimum Gasteiger partial charge on any atom is -0.411 e. The van der Waals surface area contributed by atoms with Crippen LogP contribution in [0.25, 0.3) is 10.9 Å². The molecule has 0 aliphatic carbocycles. The van der Waals surface area contributed by atoms with Gasteiger partial charge in [-0.1, -0.05) is 0 Å². The van der Waals surface area contributed by atoms with Crippen molar-refractivity contribution in [3.05, 3.63) is 24.4 Å². The second kappa shape index (κ2) is 5.23. The maximum Gasteiger partial charge on any atom is 0.214 e. The van der Waals surface area contributed by atoms with Gasteiger partial charge < -0.3 is 15.8 Å². The maximum atomic E-state index is 11.1. The molecule has 0 bridgehead atoms. The van der Waals surface area contributed by atoms with Crippen molar-refractivity contribution in [1.29, 1.82) is 0 Å². The van der Waals surface area contributed by atoms with Crippen LogP contribution in [0.3, 0.4) is 0 Å². The normalized spacial score (nSPS) is 11.5. The topological polar surface area (TPSA) is 135 Å². The number of rotatable bonds is 5. The molecule has 0 aliphatic rings. The second-order valence-corrected chi connectivity index (χ2v) is 3.74. The number of hydrogen-bond acceptors (Lipinski definition) is 6. The highest BCUT2D eigenvalue weighted by Crippen LogP contribution is 2.20. The number of amidine groups is 1. The Kier molecular flexibility index (Phi) is 3.48. The summed E-state index contributed by atoms with van der Waals surface area (Å²) in [7, 11) is 0. The van der Waals surface area contributed by atoms with E-state index in [-0.39, 0.29) is 12.4 Å². The number of hydrazone groups is 1. The molecule has 1 aromatic carbocycles. The number of carbonyl (C=O) groups excluding carboxylic acids is 1. The van der Waals surface area contributed by atoms with Crippen LogP contribution in [0.2, 0.25) is 0 Å². The second-order valence-electron chi connectivity index (χ2n) is 3.74. The number of benzene rings is 1.